The molecule has 0 saturated carbocycles. The Hall–Kier alpha value is -0.830. The number of carbonyl (C=O) groups excluding carboxylic acids is 1. The van der Waals surface area contributed by atoms with Crippen LogP contribution in [0.4, 0.5) is 0 Å². The Kier molecular flexibility index (Phi) is 5.03. The third-order valence-corrected chi connectivity index (χ3v) is 4.62. The molecule has 0 radical (unpaired) electrons. The quantitative estimate of drug-likeness (QED) is 0.635. The van der Waals surface area contributed by atoms with E-state index in [-0.39, 0.29) is 5.78 Å². The van der Waals surface area contributed by atoms with Crippen molar-refractivity contribution in [3.8, 4) is 0 Å². The molecule has 1 heterocycles. The molecule has 4 heteroatoms. The van der Waals surface area contributed by atoms with Gasteiger partial charge in [0.2, 0.25) is 0 Å². The minimum atomic E-state index is 0.165. The van der Waals surface area contributed by atoms with Gasteiger partial charge in [0.25, 0.3) is 0 Å². The summed E-state index contributed by atoms with van der Waals surface area (Å²) in [5.41, 5.74) is 1.21. The summed E-state index contributed by atoms with van der Waals surface area (Å²) >= 11 is 13.0. The van der Waals surface area contributed by atoms with Crippen LogP contribution in [0.2, 0.25) is 9.36 Å². The van der Waals surface area contributed by atoms with Gasteiger partial charge in [-0.05, 0) is 42.2 Å². The Morgan fingerprint density at radius 3 is 2.42 bits per heavy atom. The molecule has 0 aliphatic heterocycles. The van der Waals surface area contributed by atoms with Gasteiger partial charge in [0.15, 0.2) is 5.78 Å². The van der Waals surface area contributed by atoms with Crippen LogP contribution in [-0.2, 0) is 0 Å². The molecule has 0 aliphatic rings. The molecule has 0 fully saturated rings. The van der Waals surface area contributed by atoms with Gasteiger partial charge < -0.3 is 0 Å². The molecule has 0 aliphatic carbocycles. The fourth-order valence-electron chi connectivity index (χ4n) is 1.89. The van der Waals surface area contributed by atoms with Gasteiger partial charge in [-0.2, -0.15) is 0 Å². The van der Waals surface area contributed by atoms with Gasteiger partial charge in [0.05, 0.1) is 9.21 Å². The molecular weight excluding hydrogens is 299 g/mol. The largest absolute Gasteiger partial charge is 0.293 e. The number of hydrogen-bond acceptors (Lipinski definition) is 2. The summed E-state index contributed by atoms with van der Waals surface area (Å²) in [6.45, 7) is 2.12. The molecule has 1 aromatic heterocycles. The summed E-state index contributed by atoms with van der Waals surface area (Å²) in [5.74, 6) is 0.509. The molecule has 1 aromatic carbocycles. The lowest BCUT2D eigenvalue weighted by Crippen LogP contribution is -2.00. The van der Waals surface area contributed by atoms with Crippen molar-refractivity contribution in [2.75, 3.05) is 0 Å². The number of carbonyl (C=O) groups is 1. The second kappa shape index (κ2) is 6.56. The molecule has 1 nitrogen and oxygen atoms in total. The molecule has 100 valence electrons. The Bertz CT molecular complexity index is 560. The highest BCUT2D eigenvalue weighted by atomic mass is 35.5. The first-order valence-electron chi connectivity index (χ1n) is 6.10. The van der Waals surface area contributed by atoms with E-state index in [1.807, 2.05) is 24.3 Å². The monoisotopic (exact) mass is 312 g/mol. The second-order valence-corrected chi connectivity index (χ2v) is 6.67. The number of ketones is 1. The third kappa shape index (κ3) is 4.07. The van der Waals surface area contributed by atoms with Crippen LogP contribution < -0.4 is 0 Å². The molecule has 0 spiro atoms. The summed E-state index contributed by atoms with van der Waals surface area (Å²) in [6.07, 6.45) is 1.37. The Labute approximate surface area is 127 Å². The zero-order chi connectivity index (χ0) is 13.8. The second-order valence-electron chi connectivity index (χ2n) is 4.52. The van der Waals surface area contributed by atoms with Gasteiger partial charge in [-0.1, -0.05) is 42.3 Å². The minimum absolute atomic E-state index is 0.165. The van der Waals surface area contributed by atoms with Crippen LogP contribution in [0.3, 0.4) is 0 Å². The third-order valence-electron chi connectivity index (χ3n) is 3.09. The summed E-state index contributed by atoms with van der Waals surface area (Å²) in [5, 5.41) is 0.736. The molecule has 1 atom stereocenters. The van der Waals surface area contributed by atoms with E-state index in [0.29, 0.717) is 16.7 Å². The van der Waals surface area contributed by atoms with E-state index < -0.39 is 0 Å². The first-order chi connectivity index (χ1) is 9.06. The highest BCUT2D eigenvalue weighted by Gasteiger charge is 2.12. The lowest BCUT2D eigenvalue weighted by Gasteiger charge is -2.11. The molecule has 0 amide bonds. The summed E-state index contributed by atoms with van der Waals surface area (Å²) in [6, 6.07) is 11.4. The maximum Gasteiger partial charge on any atom is 0.172 e. The van der Waals surface area contributed by atoms with E-state index in [9.17, 15) is 4.79 Å². The molecule has 2 aromatic rings. The van der Waals surface area contributed by atoms with Crippen molar-refractivity contribution < 1.29 is 4.79 Å². The minimum Gasteiger partial charge on any atom is -0.293 e. The predicted molar refractivity (Wildman–Crippen MR) is 82.8 cm³/mol. The van der Waals surface area contributed by atoms with E-state index in [1.54, 1.807) is 12.1 Å². The fraction of sp³-hybridized carbons (Fsp3) is 0.267. The SMILES string of the molecule is CC(CCC(=O)c1ccc(Cl)s1)c1ccc(Cl)cc1. The first-order valence-corrected chi connectivity index (χ1v) is 7.67. The van der Waals surface area contributed by atoms with Gasteiger partial charge >= 0.3 is 0 Å². The Morgan fingerprint density at radius 1 is 1.16 bits per heavy atom. The zero-order valence-electron chi connectivity index (χ0n) is 10.5. The normalized spacial score (nSPS) is 12.4. The zero-order valence-corrected chi connectivity index (χ0v) is 12.9. The van der Waals surface area contributed by atoms with Crippen LogP contribution in [0, 0.1) is 0 Å². The van der Waals surface area contributed by atoms with Crippen LogP contribution in [0.15, 0.2) is 36.4 Å². The molecule has 19 heavy (non-hydrogen) atoms. The highest BCUT2D eigenvalue weighted by Crippen LogP contribution is 2.26. The van der Waals surface area contributed by atoms with Crippen LogP contribution in [-0.4, -0.2) is 5.78 Å². The van der Waals surface area contributed by atoms with Gasteiger partial charge in [0, 0.05) is 11.4 Å². The smallest absolute Gasteiger partial charge is 0.172 e. The van der Waals surface area contributed by atoms with Crippen molar-refractivity contribution in [2.45, 2.75) is 25.7 Å². The molecule has 1 unspecified atom stereocenters. The van der Waals surface area contributed by atoms with E-state index in [0.717, 1.165) is 16.3 Å². The average molecular weight is 313 g/mol. The standard InChI is InChI=1S/C15H14Cl2OS/c1-10(11-3-5-12(16)6-4-11)2-7-13(18)14-8-9-15(17)19-14/h3-6,8-10H,2,7H2,1H3. The molecular formula is C15H14Cl2OS. The van der Waals surface area contributed by atoms with Crippen LogP contribution in [0.25, 0.3) is 0 Å². The van der Waals surface area contributed by atoms with Crippen molar-refractivity contribution in [1.29, 1.82) is 0 Å². The molecule has 2 rings (SSSR count). The summed E-state index contributed by atoms with van der Waals surface area (Å²) < 4.78 is 0.661. The number of benzene rings is 1. The first kappa shape index (κ1) is 14.6. The van der Waals surface area contributed by atoms with Crippen LogP contribution >= 0.6 is 34.5 Å². The molecule has 0 N–H and O–H groups in total. The lowest BCUT2D eigenvalue weighted by atomic mass is 9.95. The number of hydrogen-bond donors (Lipinski definition) is 0. The van der Waals surface area contributed by atoms with E-state index in [2.05, 4.69) is 6.92 Å². The average Bonchev–Trinajstić information content (AvgIpc) is 2.83. The fourth-order valence-corrected chi connectivity index (χ4v) is 3.03. The van der Waals surface area contributed by atoms with E-state index in [4.69, 9.17) is 23.2 Å². The van der Waals surface area contributed by atoms with Gasteiger partial charge in [-0.15, -0.1) is 11.3 Å². The number of Topliss-reactive ketones (excluding diaryl/α,β-unsaturated/α-hetero) is 1. The van der Waals surface area contributed by atoms with Gasteiger partial charge in [-0.25, -0.2) is 0 Å². The van der Waals surface area contributed by atoms with Gasteiger partial charge in [0.1, 0.15) is 0 Å². The number of halogens is 2. The van der Waals surface area contributed by atoms with Crippen LogP contribution in [0.1, 0.15) is 40.9 Å². The van der Waals surface area contributed by atoms with Crippen molar-refractivity contribution in [3.63, 3.8) is 0 Å². The van der Waals surface area contributed by atoms with Crippen LogP contribution in [0.5, 0.6) is 0 Å². The summed E-state index contributed by atoms with van der Waals surface area (Å²) in [7, 11) is 0. The van der Waals surface area contributed by atoms with E-state index >= 15 is 0 Å². The number of rotatable bonds is 5. The molecule has 0 bridgehead atoms. The van der Waals surface area contributed by atoms with Crippen molar-refractivity contribution >= 4 is 40.3 Å². The van der Waals surface area contributed by atoms with Crippen molar-refractivity contribution in [3.05, 3.63) is 56.2 Å². The summed E-state index contributed by atoms with van der Waals surface area (Å²) in [4.78, 5) is 12.7. The molecule has 0 saturated heterocycles. The predicted octanol–water partition coefficient (Wildman–Crippen LogP) is 5.82. The van der Waals surface area contributed by atoms with Crippen molar-refractivity contribution in [1.82, 2.24) is 0 Å². The Balaban J connectivity index is 1.91. The lowest BCUT2D eigenvalue weighted by molar-refractivity contribution is 0.0982. The highest BCUT2D eigenvalue weighted by molar-refractivity contribution is 7.18. The van der Waals surface area contributed by atoms with Gasteiger partial charge in [-0.3, -0.25) is 4.79 Å². The van der Waals surface area contributed by atoms with E-state index in [1.165, 1.54) is 16.9 Å². The Morgan fingerprint density at radius 2 is 1.84 bits per heavy atom. The van der Waals surface area contributed by atoms with Crippen molar-refractivity contribution in [2.24, 2.45) is 0 Å². The number of thiophene rings is 1. The topological polar surface area (TPSA) is 17.1 Å². The maximum atomic E-state index is 12.0. The maximum absolute atomic E-state index is 12.0.